The number of hydrogen-bond acceptors (Lipinski definition) is 7. The Morgan fingerprint density at radius 3 is 1.59 bits per heavy atom. The summed E-state index contributed by atoms with van der Waals surface area (Å²) in [6, 6.07) is 0. The van der Waals surface area contributed by atoms with E-state index in [1.165, 1.54) is 51.4 Å². The maximum atomic E-state index is 12.6. The number of esters is 2. The van der Waals surface area contributed by atoms with E-state index in [1.807, 2.05) is 21.1 Å². The minimum Gasteiger partial charge on any atom is -0.462 e. The van der Waals surface area contributed by atoms with Gasteiger partial charge in [0.25, 0.3) is 0 Å². The fourth-order valence-electron chi connectivity index (χ4n) is 5.07. The van der Waals surface area contributed by atoms with Gasteiger partial charge in [-0.1, -0.05) is 115 Å². The Bertz CT molecular complexity index is 902. The second-order valence-corrected chi connectivity index (χ2v) is 15.8. The molecule has 0 aliphatic heterocycles. The Kier molecular flexibility index (Phi) is 31.4. The quantitative estimate of drug-likeness (QED) is 0.0227. The molecule has 0 aromatic heterocycles. The van der Waals surface area contributed by atoms with Crippen LogP contribution in [-0.4, -0.2) is 74.9 Å². The third-order valence-electron chi connectivity index (χ3n) is 8.18. The van der Waals surface area contributed by atoms with Gasteiger partial charge in [0, 0.05) is 12.8 Å². The summed E-state index contributed by atoms with van der Waals surface area (Å²) in [5, 5.41) is 0. The first-order valence-electron chi connectivity index (χ1n) is 19.6. The lowest BCUT2D eigenvalue weighted by Crippen LogP contribution is -2.37. The van der Waals surface area contributed by atoms with Gasteiger partial charge in [0.1, 0.15) is 19.8 Å². The molecule has 0 saturated heterocycles. The molecule has 2 atom stereocenters. The van der Waals surface area contributed by atoms with Crippen molar-refractivity contribution in [2.45, 2.75) is 168 Å². The van der Waals surface area contributed by atoms with Crippen LogP contribution in [0.1, 0.15) is 162 Å². The molecule has 0 spiro atoms. The highest BCUT2D eigenvalue weighted by Crippen LogP contribution is 2.43. The number of carbonyl (C=O) groups is 2. The Morgan fingerprint density at radius 1 is 0.612 bits per heavy atom. The summed E-state index contributed by atoms with van der Waals surface area (Å²) in [6.45, 7) is 4.32. The van der Waals surface area contributed by atoms with E-state index in [4.69, 9.17) is 18.5 Å². The Labute approximate surface area is 300 Å². The normalized spacial score (nSPS) is 14.0. The van der Waals surface area contributed by atoms with Crippen molar-refractivity contribution in [2.75, 3.05) is 47.5 Å². The molecular weight excluding hydrogens is 641 g/mol. The van der Waals surface area contributed by atoms with Gasteiger partial charge in [-0.3, -0.25) is 18.6 Å². The number of unbranched alkanes of at least 4 members (excludes halogenated alkanes) is 17. The fraction of sp³-hybridized carbons (Fsp3) is 0.846. The molecule has 0 bridgehead atoms. The van der Waals surface area contributed by atoms with Crippen molar-refractivity contribution in [3.8, 4) is 0 Å². The van der Waals surface area contributed by atoms with E-state index in [9.17, 15) is 19.0 Å². The Balaban J connectivity index is 4.44. The molecular formula is C39H75NO8P+. The molecule has 288 valence electrons. The van der Waals surface area contributed by atoms with Crippen LogP contribution in [0.4, 0.5) is 0 Å². The summed E-state index contributed by atoms with van der Waals surface area (Å²) >= 11 is 0. The Morgan fingerprint density at radius 2 is 1.08 bits per heavy atom. The van der Waals surface area contributed by atoms with Crippen molar-refractivity contribution in [1.82, 2.24) is 0 Å². The topological polar surface area (TPSA) is 108 Å². The van der Waals surface area contributed by atoms with Gasteiger partial charge in [-0.05, 0) is 57.8 Å². The SMILES string of the molecule is CCC/C=C/CCCCCCCC(=O)OC[C@H](COP(=O)(O)OCC[N+](C)(C)C)OC(=O)CCCCCCC/C=C\CCCCCCCC. The molecule has 9 nitrogen and oxygen atoms in total. The second kappa shape index (κ2) is 32.4. The van der Waals surface area contributed by atoms with Crippen molar-refractivity contribution in [3.05, 3.63) is 24.3 Å². The molecule has 0 fully saturated rings. The predicted octanol–water partition coefficient (Wildman–Crippen LogP) is 10.4. The van der Waals surface area contributed by atoms with E-state index in [-0.39, 0.29) is 32.0 Å². The molecule has 0 radical (unpaired) electrons. The standard InChI is InChI=1S/C39H74NO8P/c1-6-8-10-12-14-16-18-19-20-21-22-24-26-28-30-32-39(42)48-37(36-47-49(43,44)46-34-33-40(3,4)5)35-45-38(41)31-29-27-25-23-17-15-13-11-9-7-2/h11,13,19-20,37H,6-10,12,14-18,21-36H2,1-5H3/p+1/b13-11+,20-19-/t37-/m1/s1. The van der Waals surface area contributed by atoms with Gasteiger partial charge in [0.2, 0.25) is 0 Å². The Hall–Kier alpha value is -1.51. The molecule has 0 aliphatic rings. The molecule has 1 unspecified atom stereocenters. The van der Waals surface area contributed by atoms with E-state index < -0.39 is 26.5 Å². The monoisotopic (exact) mass is 717 g/mol. The average molecular weight is 717 g/mol. The lowest BCUT2D eigenvalue weighted by molar-refractivity contribution is -0.870. The van der Waals surface area contributed by atoms with Crippen LogP contribution in [-0.2, 0) is 32.7 Å². The summed E-state index contributed by atoms with van der Waals surface area (Å²) in [7, 11) is 1.46. The van der Waals surface area contributed by atoms with Gasteiger partial charge in [0.05, 0.1) is 27.7 Å². The highest BCUT2D eigenvalue weighted by Gasteiger charge is 2.27. The van der Waals surface area contributed by atoms with Gasteiger partial charge in [-0.25, -0.2) is 4.57 Å². The van der Waals surface area contributed by atoms with E-state index in [0.29, 0.717) is 17.4 Å². The summed E-state index contributed by atoms with van der Waals surface area (Å²) in [5.41, 5.74) is 0. The van der Waals surface area contributed by atoms with Crippen LogP contribution in [0.15, 0.2) is 24.3 Å². The molecule has 0 aromatic carbocycles. The highest BCUT2D eigenvalue weighted by atomic mass is 31.2. The van der Waals surface area contributed by atoms with Crippen LogP contribution >= 0.6 is 7.82 Å². The summed E-state index contributed by atoms with van der Waals surface area (Å²) < 4.78 is 34.1. The van der Waals surface area contributed by atoms with Crippen LogP contribution in [0.2, 0.25) is 0 Å². The molecule has 0 rings (SSSR count). The van der Waals surface area contributed by atoms with Gasteiger partial charge >= 0.3 is 19.8 Å². The summed E-state index contributed by atoms with van der Waals surface area (Å²) in [5.74, 6) is -0.822. The first-order chi connectivity index (χ1) is 23.5. The molecule has 1 N–H and O–H groups in total. The predicted molar refractivity (Wildman–Crippen MR) is 201 cm³/mol. The van der Waals surface area contributed by atoms with Gasteiger partial charge in [0.15, 0.2) is 6.10 Å². The number of hydrogen-bond donors (Lipinski definition) is 1. The number of allylic oxidation sites excluding steroid dienone is 4. The first kappa shape index (κ1) is 47.5. The molecule has 0 aliphatic carbocycles. The number of carbonyl (C=O) groups excluding carboxylic acids is 2. The number of nitrogens with zero attached hydrogens (tertiary/aromatic N) is 1. The number of rotatable bonds is 35. The van der Waals surface area contributed by atoms with Gasteiger partial charge in [-0.2, -0.15) is 0 Å². The number of ether oxygens (including phenoxy) is 2. The zero-order chi connectivity index (χ0) is 36.5. The smallest absolute Gasteiger partial charge is 0.462 e. The fourth-order valence-corrected chi connectivity index (χ4v) is 5.81. The van der Waals surface area contributed by atoms with Crippen molar-refractivity contribution < 1.29 is 42.1 Å². The molecule has 10 heteroatoms. The zero-order valence-corrected chi connectivity index (χ0v) is 33.1. The third-order valence-corrected chi connectivity index (χ3v) is 9.17. The minimum absolute atomic E-state index is 0.0295. The second-order valence-electron chi connectivity index (χ2n) is 14.3. The molecule has 49 heavy (non-hydrogen) atoms. The number of phosphoric ester groups is 1. The van der Waals surface area contributed by atoms with Crippen molar-refractivity contribution in [3.63, 3.8) is 0 Å². The van der Waals surface area contributed by atoms with Crippen molar-refractivity contribution >= 4 is 19.8 Å². The maximum Gasteiger partial charge on any atom is 0.472 e. The van der Waals surface area contributed by atoms with Crippen LogP contribution in [0.25, 0.3) is 0 Å². The van der Waals surface area contributed by atoms with E-state index >= 15 is 0 Å². The largest absolute Gasteiger partial charge is 0.472 e. The van der Waals surface area contributed by atoms with Gasteiger partial charge < -0.3 is 18.9 Å². The highest BCUT2D eigenvalue weighted by molar-refractivity contribution is 7.47. The number of likely N-dealkylation sites (N-methyl/N-ethyl adjacent to an activating group) is 1. The first-order valence-corrected chi connectivity index (χ1v) is 21.1. The summed E-state index contributed by atoms with van der Waals surface area (Å²) in [4.78, 5) is 35.1. The van der Waals surface area contributed by atoms with Crippen molar-refractivity contribution in [1.29, 1.82) is 0 Å². The van der Waals surface area contributed by atoms with Gasteiger partial charge in [-0.15, -0.1) is 0 Å². The lowest BCUT2D eigenvalue weighted by Gasteiger charge is -2.24. The average Bonchev–Trinajstić information content (AvgIpc) is 3.04. The minimum atomic E-state index is -4.37. The van der Waals surface area contributed by atoms with E-state index in [2.05, 4.69) is 38.2 Å². The summed E-state index contributed by atoms with van der Waals surface area (Å²) in [6.07, 6.45) is 32.3. The third kappa shape index (κ3) is 36.1. The van der Waals surface area contributed by atoms with Crippen LogP contribution in [0, 0.1) is 0 Å². The molecule has 0 aromatic rings. The molecule has 0 saturated carbocycles. The van der Waals surface area contributed by atoms with E-state index in [1.54, 1.807) is 0 Å². The number of quaternary nitrogens is 1. The number of phosphoric acid groups is 1. The lowest BCUT2D eigenvalue weighted by atomic mass is 10.1. The van der Waals surface area contributed by atoms with Crippen LogP contribution in [0.3, 0.4) is 0 Å². The molecule has 0 amide bonds. The van der Waals surface area contributed by atoms with Crippen LogP contribution < -0.4 is 0 Å². The van der Waals surface area contributed by atoms with Crippen molar-refractivity contribution in [2.24, 2.45) is 0 Å². The molecule has 0 heterocycles. The van der Waals surface area contributed by atoms with Crippen LogP contribution in [0.5, 0.6) is 0 Å². The zero-order valence-electron chi connectivity index (χ0n) is 32.2. The van der Waals surface area contributed by atoms with E-state index in [0.717, 1.165) is 77.0 Å². The maximum absolute atomic E-state index is 12.6.